The number of rotatable bonds is 6. The maximum absolute atomic E-state index is 14.7. The minimum atomic E-state index is -0.280. The van der Waals surface area contributed by atoms with Gasteiger partial charge in [0.25, 0.3) is 5.91 Å². The van der Waals surface area contributed by atoms with Gasteiger partial charge in [-0.15, -0.1) is 0 Å². The molecule has 0 unspecified atom stereocenters. The average Bonchev–Trinajstić information content (AvgIpc) is 2.77. The summed E-state index contributed by atoms with van der Waals surface area (Å²) in [4.78, 5) is 16.7. The van der Waals surface area contributed by atoms with Gasteiger partial charge in [0.2, 0.25) is 0 Å². The number of anilines is 1. The van der Waals surface area contributed by atoms with Gasteiger partial charge in [-0.2, -0.15) is 5.10 Å². The summed E-state index contributed by atoms with van der Waals surface area (Å²) in [5.74, 6) is -0.540. The SMILES string of the molecule is CCc1ccc(C(=O)N/N=C(/C)c2ccc(N3CCN(CC)CC3)c(F)c2)cc1. The number of hydrazone groups is 1. The number of aryl methyl sites for hydroxylation is 1. The number of likely N-dealkylation sites (N-methyl/N-ethyl adjacent to an activating group) is 1. The Hall–Kier alpha value is -2.73. The van der Waals surface area contributed by atoms with Gasteiger partial charge in [-0.1, -0.05) is 32.0 Å². The highest BCUT2D eigenvalue weighted by Gasteiger charge is 2.19. The molecule has 0 saturated carbocycles. The van der Waals surface area contributed by atoms with E-state index in [1.54, 1.807) is 25.1 Å². The topological polar surface area (TPSA) is 47.9 Å². The first-order valence-electron chi connectivity index (χ1n) is 10.2. The van der Waals surface area contributed by atoms with Gasteiger partial charge in [0.05, 0.1) is 11.4 Å². The maximum atomic E-state index is 14.7. The number of amides is 1. The molecule has 0 aliphatic carbocycles. The molecule has 1 aliphatic rings. The molecule has 154 valence electrons. The first kappa shape index (κ1) is 21.0. The molecule has 0 atom stereocenters. The molecule has 2 aromatic rings. The Morgan fingerprint density at radius 2 is 1.69 bits per heavy atom. The normalized spacial score (nSPS) is 15.4. The van der Waals surface area contributed by atoms with Crippen LogP contribution in [0, 0.1) is 5.82 Å². The van der Waals surface area contributed by atoms with Crippen molar-refractivity contribution >= 4 is 17.3 Å². The molecule has 29 heavy (non-hydrogen) atoms. The summed E-state index contributed by atoms with van der Waals surface area (Å²) >= 11 is 0. The van der Waals surface area contributed by atoms with Crippen LogP contribution < -0.4 is 10.3 Å². The lowest BCUT2D eigenvalue weighted by Gasteiger charge is -2.35. The predicted molar refractivity (Wildman–Crippen MR) is 116 cm³/mol. The van der Waals surface area contributed by atoms with E-state index >= 15 is 0 Å². The lowest BCUT2D eigenvalue weighted by atomic mass is 10.1. The fourth-order valence-electron chi connectivity index (χ4n) is 3.45. The summed E-state index contributed by atoms with van der Waals surface area (Å²) in [5, 5.41) is 4.15. The molecular weight excluding hydrogens is 367 g/mol. The highest BCUT2D eigenvalue weighted by Crippen LogP contribution is 2.22. The fraction of sp³-hybridized carbons (Fsp3) is 0.391. The van der Waals surface area contributed by atoms with E-state index in [2.05, 4.69) is 34.2 Å². The van der Waals surface area contributed by atoms with Gasteiger partial charge in [0.15, 0.2) is 0 Å². The number of hydrogen-bond acceptors (Lipinski definition) is 4. The Balaban J connectivity index is 1.65. The Labute approximate surface area is 172 Å². The Bertz CT molecular complexity index is 871. The summed E-state index contributed by atoms with van der Waals surface area (Å²) < 4.78 is 14.7. The number of benzene rings is 2. The summed E-state index contributed by atoms with van der Waals surface area (Å²) in [6, 6.07) is 12.6. The molecular formula is C23H29FN4O. The number of hydrogen-bond donors (Lipinski definition) is 1. The van der Waals surface area contributed by atoms with Gasteiger partial charge < -0.3 is 9.80 Å². The smallest absolute Gasteiger partial charge is 0.271 e. The van der Waals surface area contributed by atoms with Crippen LogP contribution in [0.3, 0.4) is 0 Å². The van der Waals surface area contributed by atoms with Crippen molar-refractivity contribution in [2.45, 2.75) is 27.2 Å². The number of nitrogens with one attached hydrogen (secondary N) is 1. The van der Waals surface area contributed by atoms with Crippen molar-refractivity contribution in [1.29, 1.82) is 0 Å². The predicted octanol–water partition coefficient (Wildman–Crippen LogP) is 3.68. The average molecular weight is 397 g/mol. The van der Waals surface area contributed by atoms with Crippen molar-refractivity contribution in [2.24, 2.45) is 5.10 Å². The monoisotopic (exact) mass is 396 g/mol. The summed E-state index contributed by atoms with van der Waals surface area (Å²) in [7, 11) is 0. The van der Waals surface area contributed by atoms with Crippen LogP contribution in [0.4, 0.5) is 10.1 Å². The van der Waals surface area contributed by atoms with E-state index in [4.69, 9.17) is 0 Å². The molecule has 6 heteroatoms. The molecule has 1 amide bonds. The van der Waals surface area contributed by atoms with E-state index in [9.17, 15) is 9.18 Å². The second-order valence-electron chi connectivity index (χ2n) is 7.28. The number of carbonyl (C=O) groups is 1. The number of carbonyl (C=O) groups excluding carboxylic acids is 1. The Kier molecular flexibility index (Phi) is 6.99. The molecule has 1 N–H and O–H groups in total. The summed E-state index contributed by atoms with van der Waals surface area (Å²) in [6.07, 6.45) is 0.926. The Morgan fingerprint density at radius 1 is 1.03 bits per heavy atom. The van der Waals surface area contributed by atoms with Crippen LogP contribution in [-0.2, 0) is 6.42 Å². The molecule has 1 aliphatic heterocycles. The summed E-state index contributed by atoms with van der Waals surface area (Å²) in [5.41, 5.74) is 6.11. The molecule has 5 nitrogen and oxygen atoms in total. The van der Waals surface area contributed by atoms with Crippen molar-refractivity contribution in [3.63, 3.8) is 0 Å². The largest absolute Gasteiger partial charge is 0.367 e. The van der Waals surface area contributed by atoms with Crippen LogP contribution in [0.2, 0.25) is 0 Å². The van der Waals surface area contributed by atoms with Crippen LogP contribution >= 0.6 is 0 Å². The number of nitrogens with zero attached hydrogens (tertiary/aromatic N) is 3. The van der Waals surface area contributed by atoms with E-state index in [1.807, 2.05) is 18.2 Å². The van der Waals surface area contributed by atoms with Gasteiger partial charge in [-0.05, 0) is 49.7 Å². The first-order valence-corrected chi connectivity index (χ1v) is 10.2. The number of piperazine rings is 1. The van der Waals surface area contributed by atoms with E-state index < -0.39 is 0 Å². The van der Waals surface area contributed by atoms with E-state index in [1.165, 1.54) is 11.6 Å². The van der Waals surface area contributed by atoms with Gasteiger partial charge in [-0.25, -0.2) is 9.82 Å². The van der Waals surface area contributed by atoms with Crippen LogP contribution in [0.15, 0.2) is 47.6 Å². The fourth-order valence-corrected chi connectivity index (χ4v) is 3.45. The number of halogens is 1. The standard InChI is InChI=1S/C23H29FN4O/c1-4-18-6-8-19(9-7-18)23(29)26-25-17(3)20-10-11-22(21(24)16-20)28-14-12-27(5-2)13-15-28/h6-11,16H,4-5,12-15H2,1-3H3,(H,26,29)/b25-17-. The minimum absolute atomic E-state index is 0.261. The van der Waals surface area contributed by atoms with E-state index in [0.717, 1.165) is 39.1 Å². The van der Waals surface area contributed by atoms with Crippen molar-refractivity contribution in [3.05, 3.63) is 65.0 Å². The zero-order chi connectivity index (χ0) is 20.8. The molecule has 1 heterocycles. The maximum Gasteiger partial charge on any atom is 0.271 e. The van der Waals surface area contributed by atoms with Crippen LogP contribution in [-0.4, -0.2) is 49.2 Å². The van der Waals surface area contributed by atoms with Gasteiger partial charge in [-0.3, -0.25) is 4.79 Å². The molecule has 1 fully saturated rings. The minimum Gasteiger partial charge on any atom is -0.367 e. The lowest BCUT2D eigenvalue weighted by molar-refractivity contribution is 0.0955. The highest BCUT2D eigenvalue weighted by molar-refractivity contribution is 6.01. The van der Waals surface area contributed by atoms with Crippen molar-refractivity contribution in [1.82, 2.24) is 10.3 Å². The molecule has 0 aromatic heterocycles. The first-order chi connectivity index (χ1) is 14.0. The molecule has 0 spiro atoms. The molecule has 2 aromatic carbocycles. The highest BCUT2D eigenvalue weighted by atomic mass is 19.1. The Morgan fingerprint density at radius 3 is 2.28 bits per heavy atom. The zero-order valence-corrected chi connectivity index (χ0v) is 17.4. The van der Waals surface area contributed by atoms with Gasteiger partial charge in [0.1, 0.15) is 5.82 Å². The summed E-state index contributed by atoms with van der Waals surface area (Å²) in [6.45, 7) is 10.5. The van der Waals surface area contributed by atoms with E-state index in [-0.39, 0.29) is 11.7 Å². The quantitative estimate of drug-likeness (QED) is 0.599. The van der Waals surface area contributed by atoms with Gasteiger partial charge in [0, 0.05) is 37.3 Å². The van der Waals surface area contributed by atoms with Crippen molar-refractivity contribution in [2.75, 3.05) is 37.6 Å². The third kappa shape index (κ3) is 5.21. The van der Waals surface area contributed by atoms with Crippen LogP contribution in [0.5, 0.6) is 0 Å². The molecule has 1 saturated heterocycles. The lowest BCUT2D eigenvalue weighted by Crippen LogP contribution is -2.46. The second-order valence-corrected chi connectivity index (χ2v) is 7.28. The van der Waals surface area contributed by atoms with Gasteiger partial charge >= 0.3 is 0 Å². The van der Waals surface area contributed by atoms with Crippen LogP contribution in [0.1, 0.15) is 42.3 Å². The second kappa shape index (κ2) is 9.65. The third-order valence-electron chi connectivity index (χ3n) is 5.48. The zero-order valence-electron chi connectivity index (χ0n) is 17.4. The molecule has 0 bridgehead atoms. The molecule has 0 radical (unpaired) electrons. The van der Waals surface area contributed by atoms with Crippen molar-refractivity contribution in [3.8, 4) is 0 Å². The molecule has 3 rings (SSSR count). The van der Waals surface area contributed by atoms with Crippen LogP contribution in [0.25, 0.3) is 0 Å². The third-order valence-corrected chi connectivity index (χ3v) is 5.48. The van der Waals surface area contributed by atoms with Crippen molar-refractivity contribution < 1.29 is 9.18 Å². The van der Waals surface area contributed by atoms with E-state index in [0.29, 0.717) is 22.5 Å².